The van der Waals surface area contributed by atoms with E-state index in [9.17, 15) is 0 Å². The Hall–Kier alpha value is -0.411. The van der Waals surface area contributed by atoms with E-state index >= 15 is 0 Å². The van der Waals surface area contributed by atoms with Gasteiger partial charge in [-0.2, -0.15) is 0 Å². The molecule has 164 valence electrons. The van der Waals surface area contributed by atoms with E-state index in [-0.39, 0.29) is 0 Å². The van der Waals surface area contributed by atoms with Gasteiger partial charge in [0.15, 0.2) is 0 Å². The summed E-state index contributed by atoms with van der Waals surface area (Å²) in [7, 11) is 0. The van der Waals surface area contributed by atoms with Gasteiger partial charge in [-0.1, -0.05) is 0 Å². The number of aryl methyl sites for hydroxylation is 2. The Balaban J connectivity index is 2.10. The molecule has 2 aromatic carbocycles. The Labute approximate surface area is 194 Å². The van der Waals surface area contributed by atoms with E-state index in [0.717, 1.165) is 0 Å². The van der Waals surface area contributed by atoms with E-state index in [0.29, 0.717) is 0 Å². The summed E-state index contributed by atoms with van der Waals surface area (Å²) < 4.78 is 6.58. The molecule has 0 saturated carbocycles. The van der Waals surface area contributed by atoms with Gasteiger partial charge in [0.05, 0.1) is 0 Å². The molecular formula is C28H42SSn. The van der Waals surface area contributed by atoms with E-state index < -0.39 is 18.4 Å². The first-order valence-corrected chi connectivity index (χ1v) is 20.9. The van der Waals surface area contributed by atoms with Crippen molar-refractivity contribution in [3.8, 4) is 0 Å². The average molecular weight is 529 g/mol. The number of hydrogen-bond acceptors (Lipinski definition) is 1. The van der Waals surface area contributed by atoms with Crippen molar-refractivity contribution in [2.24, 2.45) is 0 Å². The molecule has 2 heteroatoms. The van der Waals surface area contributed by atoms with Crippen molar-refractivity contribution in [3.63, 3.8) is 0 Å². The standard InChI is InChI=1S/C16H15S.3C4H9.Sn/c1-2-8-15(9-3-1)17-16-11-10-13-6-4-5-7-14(13)12-16;3*1-3-4-2;/h1-3,8-10,12H,4-7H2;3*1,3-4H2,2H3;. The second kappa shape index (κ2) is 12.6. The van der Waals surface area contributed by atoms with Gasteiger partial charge in [-0.3, -0.25) is 0 Å². The van der Waals surface area contributed by atoms with Gasteiger partial charge in [-0.25, -0.2) is 0 Å². The number of benzene rings is 2. The Morgan fingerprint density at radius 3 is 1.80 bits per heavy atom. The fraction of sp³-hybridized carbons (Fsp3) is 0.571. The van der Waals surface area contributed by atoms with Gasteiger partial charge < -0.3 is 0 Å². The van der Waals surface area contributed by atoms with Crippen LogP contribution in [0.2, 0.25) is 13.3 Å². The number of unbranched alkanes of at least 4 members (excludes halogenated alkanes) is 3. The summed E-state index contributed by atoms with van der Waals surface area (Å²) in [6, 6.07) is 16.6. The van der Waals surface area contributed by atoms with E-state index in [1.54, 1.807) is 29.3 Å². The van der Waals surface area contributed by atoms with Crippen LogP contribution in [0.5, 0.6) is 0 Å². The zero-order valence-corrected chi connectivity index (χ0v) is 23.3. The molecule has 0 nitrogen and oxygen atoms in total. The van der Waals surface area contributed by atoms with Gasteiger partial charge >= 0.3 is 195 Å². The van der Waals surface area contributed by atoms with Crippen LogP contribution in [0.3, 0.4) is 0 Å². The Kier molecular flexibility index (Phi) is 10.2. The summed E-state index contributed by atoms with van der Waals surface area (Å²) in [5.74, 6) is 0. The molecule has 30 heavy (non-hydrogen) atoms. The van der Waals surface area contributed by atoms with E-state index in [2.05, 4.69) is 75.0 Å². The van der Waals surface area contributed by atoms with Gasteiger partial charge in [0.25, 0.3) is 0 Å². The van der Waals surface area contributed by atoms with Crippen LogP contribution in [0.25, 0.3) is 0 Å². The van der Waals surface area contributed by atoms with Crippen molar-refractivity contribution in [1.82, 2.24) is 0 Å². The summed E-state index contributed by atoms with van der Waals surface area (Å²) in [5.41, 5.74) is 3.37. The summed E-state index contributed by atoms with van der Waals surface area (Å²) in [4.78, 5) is 3.05. The predicted octanol–water partition coefficient (Wildman–Crippen LogP) is 8.77. The van der Waals surface area contributed by atoms with Crippen LogP contribution >= 0.6 is 11.8 Å². The Bertz CT molecular complexity index is 746. The Morgan fingerprint density at radius 1 is 0.733 bits per heavy atom. The molecule has 0 saturated heterocycles. The third-order valence-corrected chi connectivity index (χ3v) is 24.3. The molecule has 0 atom stereocenters. The second-order valence-corrected chi connectivity index (χ2v) is 23.6. The molecule has 1 aliphatic carbocycles. The molecule has 0 bridgehead atoms. The van der Waals surface area contributed by atoms with Crippen molar-refractivity contribution >= 4 is 33.7 Å². The van der Waals surface area contributed by atoms with Crippen LogP contribution in [0, 0.1) is 0 Å². The van der Waals surface area contributed by atoms with Gasteiger partial charge in [0, 0.05) is 0 Å². The third-order valence-electron chi connectivity index (χ3n) is 7.01. The molecule has 0 fully saturated rings. The van der Waals surface area contributed by atoms with E-state index in [4.69, 9.17) is 0 Å². The first-order chi connectivity index (χ1) is 14.7. The van der Waals surface area contributed by atoms with Crippen LogP contribution < -0.4 is 3.58 Å². The van der Waals surface area contributed by atoms with E-state index in [1.807, 2.05) is 3.58 Å². The molecule has 3 rings (SSSR count). The van der Waals surface area contributed by atoms with Crippen LogP contribution in [-0.4, -0.2) is 18.4 Å². The summed E-state index contributed by atoms with van der Waals surface area (Å²) in [6.45, 7) is 7.17. The van der Waals surface area contributed by atoms with Crippen LogP contribution in [0.15, 0.2) is 52.3 Å². The molecule has 0 spiro atoms. The topological polar surface area (TPSA) is 0 Å². The molecule has 0 aromatic heterocycles. The van der Waals surface area contributed by atoms with Crippen LogP contribution in [-0.2, 0) is 12.8 Å². The second-order valence-electron chi connectivity index (χ2n) is 9.33. The average Bonchev–Trinajstić information content (AvgIpc) is 2.79. The van der Waals surface area contributed by atoms with Crippen molar-refractivity contribution < 1.29 is 0 Å². The van der Waals surface area contributed by atoms with Gasteiger partial charge in [-0.15, -0.1) is 0 Å². The van der Waals surface area contributed by atoms with Crippen molar-refractivity contribution in [2.45, 2.75) is 108 Å². The Morgan fingerprint density at radius 2 is 1.27 bits per heavy atom. The van der Waals surface area contributed by atoms with Crippen LogP contribution in [0.1, 0.15) is 83.3 Å². The summed E-state index contributed by atoms with van der Waals surface area (Å²) >= 11 is -0.402. The van der Waals surface area contributed by atoms with Gasteiger partial charge in [0.2, 0.25) is 0 Å². The first-order valence-electron chi connectivity index (χ1n) is 12.6. The van der Waals surface area contributed by atoms with Crippen molar-refractivity contribution in [1.29, 1.82) is 0 Å². The monoisotopic (exact) mass is 530 g/mol. The van der Waals surface area contributed by atoms with Gasteiger partial charge in [0.1, 0.15) is 0 Å². The SMILES string of the molecule is CCC[CH2][Sn]([CH2]CCC)([CH2]CCC)[c]1cc2c(cc1Sc1ccccc1)CCCC2. The molecule has 0 radical (unpaired) electrons. The van der Waals surface area contributed by atoms with Crippen molar-refractivity contribution in [2.75, 3.05) is 0 Å². The van der Waals surface area contributed by atoms with Gasteiger partial charge in [-0.05, 0) is 0 Å². The number of hydrogen-bond donors (Lipinski definition) is 0. The number of rotatable bonds is 12. The minimum atomic E-state index is -2.47. The zero-order valence-electron chi connectivity index (χ0n) is 19.6. The fourth-order valence-electron chi connectivity index (χ4n) is 5.20. The van der Waals surface area contributed by atoms with Crippen LogP contribution in [0.4, 0.5) is 0 Å². The quantitative estimate of drug-likeness (QED) is 0.248. The molecule has 0 aliphatic heterocycles. The molecule has 1 aliphatic rings. The normalized spacial score (nSPS) is 14.0. The maximum atomic E-state index is 2.77. The molecule has 0 amide bonds. The maximum absolute atomic E-state index is 2.77. The predicted molar refractivity (Wildman–Crippen MR) is 138 cm³/mol. The minimum absolute atomic E-state index is 1.29. The summed E-state index contributed by atoms with van der Waals surface area (Å²) in [6.07, 6.45) is 13.7. The zero-order chi connectivity index (χ0) is 21.2. The number of fused-ring (bicyclic) bond motifs is 1. The molecular weight excluding hydrogens is 487 g/mol. The molecule has 0 heterocycles. The van der Waals surface area contributed by atoms with E-state index in [1.165, 1.54) is 69.1 Å². The summed E-state index contributed by atoms with van der Waals surface area (Å²) in [5, 5.41) is 0. The van der Waals surface area contributed by atoms with Crippen molar-refractivity contribution in [3.05, 3.63) is 53.6 Å². The molecule has 2 aromatic rings. The molecule has 0 unspecified atom stereocenters. The third kappa shape index (κ3) is 6.31. The fourth-order valence-corrected chi connectivity index (χ4v) is 24.3. The molecule has 0 N–H and O–H groups in total. The first kappa shape index (κ1) is 24.2.